The van der Waals surface area contributed by atoms with Gasteiger partial charge in [-0.3, -0.25) is 10.1 Å². The van der Waals surface area contributed by atoms with Crippen LogP contribution in [-0.4, -0.2) is 23.5 Å². The van der Waals surface area contributed by atoms with Crippen molar-refractivity contribution in [2.45, 2.75) is 25.7 Å². The maximum Gasteiger partial charge on any atom is 0.311 e. The summed E-state index contributed by atoms with van der Waals surface area (Å²) in [6, 6.07) is 3.09. The molecule has 0 atom stereocenters. The lowest BCUT2D eigenvalue weighted by atomic mass is 10.1. The molecule has 2 rings (SSSR count). The topological polar surface area (TPSA) is 80.1 Å². The molecule has 18 heavy (non-hydrogen) atoms. The Morgan fingerprint density at radius 2 is 2.17 bits per heavy atom. The monoisotopic (exact) mass is 250 g/mol. The fraction of sp³-hybridized carbons (Fsp3) is 0.583. The van der Waals surface area contributed by atoms with Crippen LogP contribution < -0.4 is 10.6 Å². The normalized spacial score (nSPS) is 15.6. The van der Waals surface area contributed by atoms with Gasteiger partial charge in [0.15, 0.2) is 0 Å². The minimum atomic E-state index is -0.399. The fourth-order valence-electron chi connectivity index (χ4n) is 2.32. The third-order valence-corrected chi connectivity index (χ3v) is 3.36. The van der Waals surface area contributed by atoms with Crippen molar-refractivity contribution in [2.24, 2.45) is 5.92 Å². The second-order valence-electron chi connectivity index (χ2n) is 4.60. The van der Waals surface area contributed by atoms with Crippen molar-refractivity contribution in [3.8, 4) is 0 Å². The summed E-state index contributed by atoms with van der Waals surface area (Å²) in [7, 11) is 1.74. The van der Waals surface area contributed by atoms with Gasteiger partial charge in [0.2, 0.25) is 5.82 Å². The second-order valence-corrected chi connectivity index (χ2v) is 4.60. The number of nitro groups is 1. The van der Waals surface area contributed by atoms with E-state index in [1.807, 2.05) is 0 Å². The van der Waals surface area contributed by atoms with E-state index in [2.05, 4.69) is 15.6 Å². The van der Waals surface area contributed by atoms with E-state index in [0.29, 0.717) is 17.6 Å². The summed E-state index contributed by atoms with van der Waals surface area (Å²) >= 11 is 0. The van der Waals surface area contributed by atoms with Gasteiger partial charge in [0.25, 0.3) is 0 Å². The predicted molar refractivity (Wildman–Crippen MR) is 70.9 cm³/mol. The van der Waals surface area contributed by atoms with Crippen LogP contribution in [0.4, 0.5) is 17.3 Å². The Kier molecular flexibility index (Phi) is 3.96. The molecule has 6 nitrogen and oxygen atoms in total. The van der Waals surface area contributed by atoms with Gasteiger partial charge in [0.05, 0.1) is 4.92 Å². The Bertz CT molecular complexity index is 430. The quantitative estimate of drug-likeness (QED) is 0.620. The van der Waals surface area contributed by atoms with Crippen LogP contribution >= 0.6 is 0 Å². The zero-order chi connectivity index (χ0) is 13.0. The average molecular weight is 250 g/mol. The molecule has 0 aromatic carbocycles. The zero-order valence-electron chi connectivity index (χ0n) is 10.5. The molecule has 1 aromatic rings. The molecule has 1 heterocycles. The van der Waals surface area contributed by atoms with Crippen LogP contribution in [0.5, 0.6) is 0 Å². The number of pyridine rings is 1. The molecule has 0 aliphatic heterocycles. The van der Waals surface area contributed by atoms with Gasteiger partial charge in [0, 0.05) is 19.7 Å². The number of nitrogens with one attached hydrogen (secondary N) is 2. The highest BCUT2D eigenvalue weighted by Crippen LogP contribution is 2.27. The lowest BCUT2D eigenvalue weighted by Crippen LogP contribution is -2.13. The van der Waals surface area contributed by atoms with Crippen molar-refractivity contribution in [1.29, 1.82) is 0 Å². The Balaban J connectivity index is 2.10. The highest BCUT2D eigenvalue weighted by molar-refractivity contribution is 5.60. The van der Waals surface area contributed by atoms with Gasteiger partial charge in [-0.25, -0.2) is 4.98 Å². The smallest absolute Gasteiger partial charge is 0.311 e. The fourth-order valence-corrected chi connectivity index (χ4v) is 2.32. The molecule has 1 aliphatic rings. The predicted octanol–water partition coefficient (Wildman–Crippen LogP) is 2.63. The van der Waals surface area contributed by atoms with E-state index in [0.717, 1.165) is 6.54 Å². The first-order valence-corrected chi connectivity index (χ1v) is 6.27. The Morgan fingerprint density at radius 1 is 1.44 bits per heavy atom. The molecule has 1 fully saturated rings. The molecule has 6 heteroatoms. The maximum absolute atomic E-state index is 10.9. The first-order valence-electron chi connectivity index (χ1n) is 6.27. The molecule has 0 bridgehead atoms. The van der Waals surface area contributed by atoms with Gasteiger partial charge < -0.3 is 10.6 Å². The number of aromatic nitrogens is 1. The van der Waals surface area contributed by atoms with Crippen LogP contribution in [0, 0.1) is 16.0 Å². The van der Waals surface area contributed by atoms with Gasteiger partial charge in [-0.05, 0) is 24.8 Å². The molecular weight excluding hydrogens is 232 g/mol. The highest BCUT2D eigenvalue weighted by atomic mass is 16.6. The first kappa shape index (κ1) is 12.6. The van der Waals surface area contributed by atoms with E-state index >= 15 is 0 Å². The van der Waals surface area contributed by atoms with Crippen molar-refractivity contribution in [1.82, 2.24) is 4.98 Å². The molecule has 0 radical (unpaired) electrons. The van der Waals surface area contributed by atoms with Crippen molar-refractivity contribution >= 4 is 17.3 Å². The largest absolute Gasteiger partial charge is 0.373 e. The minimum Gasteiger partial charge on any atom is -0.373 e. The maximum atomic E-state index is 10.9. The zero-order valence-corrected chi connectivity index (χ0v) is 10.5. The van der Waals surface area contributed by atoms with Gasteiger partial charge in [-0.2, -0.15) is 0 Å². The lowest BCUT2D eigenvalue weighted by Gasteiger charge is -2.12. The third kappa shape index (κ3) is 2.88. The van der Waals surface area contributed by atoms with Crippen molar-refractivity contribution in [2.75, 3.05) is 24.2 Å². The molecule has 0 unspecified atom stereocenters. The summed E-state index contributed by atoms with van der Waals surface area (Å²) in [6.45, 7) is 0.765. The van der Waals surface area contributed by atoms with E-state index in [-0.39, 0.29) is 5.69 Å². The molecule has 2 N–H and O–H groups in total. The molecule has 98 valence electrons. The number of anilines is 2. The summed E-state index contributed by atoms with van der Waals surface area (Å²) in [5.74, 6) is 1.61. The molecular formula is C12H18N4O2. The van der Waals surface area contributed by atoms with Gasteiger partial charge in [-0.1, -0.05) is 12.8 Å². The first-order chi connectivity index (χ1) is 8.70. The van der Waals surface area contributed by atoms with Gasteiger partial charge >= 0.3 is 5.69 Å². The molecule has 0 saturated heterocycles. The number of hydrogen-bond acceptors (Lipinski definition) is 5. The SMILES string of the molecule is CNc1ccc([N+](=O)[O-])c(NCC2CCCC2)n1. The summed E-state index contributed by atoms with van der Waals surface area (Å²) in [4.78, 5) is 14.7. The summed E-state index contributed by atoms with van der Waals surface area (Å²) in [6.07, 6.45) is 4.93. The summed E-state index contributed by atoms with van der Waals surface area (Å²) in [5.41, 5.74) is 0.0343. The second kappa shape index (κ2) is 5.66. The van der Waals surface area contributed by atoms with Crippen LogP contribution in [-0.2, 0) is 0 Å². The van der Waals surface area contributed by atoms with Crippen molar-refractivity contribution in [3.05, 3.63) is 22.2 Å². The standard InChI is InChI=1S/C12H18N4O2/c1-13-11-7-6-10(16(17)18)12(15-11)14-8-9-4-2-3-5-9/h6-7,9H,2-5,8H2,1H3,(H2,13,14,15). The number of rotatable bonds is 5. The Morgan fingerprint density at radius 3 is 2.78 bits per heavy atom. The van der Waals surface area contributed by atoms with Crippen LogP contribution in [0.1, 0.15) is 25.7 Å². The van der Waals surface area contributed by atoms with Crippen molar-refractivity contribution < 1.29 is 4.92 Å². The summed E-state index contributed by atoms with van der Waals surface area (Å²) < 4.78 is 0. The van der Waals surface area contributed by atoms with E-state index < -0.39 is 4.92 Å². The Hall–Kier alpha value is -1.85. The average Bonchev–Trinajstić information content (AvgIpc) is 2.88. The van der Waals surface area contributed by atoms with Gasteiger partial charge in [-0.15, -0.1) is 0 Å². The molecule has 1 saturated carbocycles. The number of hydrogen-bond donors (Lipinski definition) is 2. The Labute approximate surface area is 106 Å². The molecule has 1 aromatic heterocycles. The van der Waals surface area contributed by atoms with Crippen LogP contribution in [0.25, 0.3) is 0 Å². The van der Waals surface area contributed by atoms with E-state index in [1.54, 1.807) is 13.1 Å². The van der Waals surface area contributed by atoms with Crippen LogP contribution in [0.2, 0.25) is 0 Å². The molecule has 0 amide bonds. The lowest BCUT2D eigenvalue weighted by molar-refractivity contribution is -0.384. The minimum absolute atomic E-state index is 0.0343. The van der Waals surface area contributed by atoms with Crippen LogP contribution in [0.3, 0.4) is 0 Å². The summed E-state index contributed by atoms with van der Waals surface area (Å²) in [5, 5.41) is 16.9. The van der Waals surface area contributed by atoms with Crippen molar-refractivity contribution in [3.63, 3.8) is 0 Å². The molecule has 0 spiro atoms. The van der Waals surface area contributed by atoms with E-state index in [1.165, 1.54) is 31.7 Å². The highest BCUT2D eigenvalue weighted by Gasteiger charge is 2.19. The van der Waals surface area contributed by atoms with E-state index in [4.69, 9.17) is 0 Å². The van der Waals surface area contributed by atoms with Gasteiger partial charge in [0.1, 0.15) is 5.82 Å². The third-order valence-electron chi connectivity index (χ3n) is 3.36. The molecule has 1 aliphatic carbocycles. The van der Waals surface area contributed by atoms with Crippen LogP contribution in [0.15, 0.2) is 12.1 Å². The van der Waals surface area contributed by atoms with E-state index in [9.17, 15) is 10.1 Å². The number of nitrogens with zero attached hydrogens (tertiary/aromatic N) is 2.